The Morgan fingerprint density at radius 3 is 2.44 bits per heavy atom. The Morgan fingerprint density at radius 2 is 1.78 bits per heavy atom. The Bertz CT molecular complexity index is 1080. The first kappa shape index (κ1) is 27.2. The molecule has 0 bridgehead atoms. The number of ether oxygens (including phenoxy) is 3. The molecule has 0 radical (unpaired) electrons. The maximum atomic E-state index is 6.96. The Kier molecular flexibility index (Phi) is 8.53. The van der Waals surface area contributed by atoms with E-state index in [-0.39, 0.29) is 36.0 Å². The van der Waals surface area contributed by atoms with E-state index in [9.17, 15) is 0 Å². The topological polar surface area (TPSA) is 49.0 Å². The number of halogens is 1. The highest BCUT2D eigenvalue weighted by molar-refractivity contribution is 9.10. The van der Waals surface area contributed by atoms with Crippen molar-refractivity contribution in [1.82, 2.24) is 5.32 Å². The minimum atomic E-state index is -2.01. The zero-order chi connectivity index (χ0) is 25.9. The molecule has 1 heterocycles. The van der Waals surface area contributed by atoms with Crippen molar-refractivity contribution >= 4 is 24.2 Å². The molecule has 2 aromatic rings. The van der Waals surface area contributed by atoms with Gasteiger partial charge < -0.3 is 24.0 Å². The average Bonchev–Trinajstić information content (AvgIpc) is 3.28. The van der Waals surface area contributed by atoms with Crippen LogP contribution in [0.4, 0.5) is 0 Å². The highest BCUT2D eigenvalue weighted by Crippen LogP contribution is 2.41. The maximum absolute atomic E-state index is 6.96. The lowest BCUT2D eigenvalue weighted by Crippen LogP contribution is -2.54. The van der Waals surface area contributed by atoms with Crippen LogP contribution >= 0.6 is 15.9 Å². The van der Waals surface area contributed by atoms with Crippen LogP contribution in [0.15, 0.2) is 46.9 Å². The zero-order valence-corrected chi connectivity index (χ0v) is 24.6. The summed E-state index contributed by atoms with van der Waals surface area (Å²) in [6, 6.07) is 14.4. The van der Waals surface area contributed by atoms with Crippen LogP contribution in [-0.4, -0.2) is 33.4 Å². The molecule has 2 aliphatic rings. The summed E-state index contributed by atoms with van der Waals surface area (Å²) in [5.74, 6) is 4.65. The summed E-state index contributed by atoms with van der Waals surface area (Å²) in [5, 5.41) is 3.84. The molecule has 2 aromatic carbocycles. The summed E-state index contributed by atoms with van der Waals surface area (Å²) in [7, 11) is -2.01. The molecule has 194 valence electrons. The molecule has 0 saturated heterocycles. The van der Waals surface area contributed by atoms with Crippen molar-refractivity contribution in [3.63, 3.8) is 0 Å². The third-order valence-corrected chi connectivity index (χ3v) is 13.0. The lowest BCUT2D eigenvalue weighted by Gasteiger charge is -2.46. The SMILES string of the molecule is C#CC1C[C@@H](OCc2ccccc2)[C@@H](O[Si](C)(C)C(C)(C)C)C[C@@H]1NCc1cc2c(cc1Br)OCO2. The average molecular weight is 573 g/mol. The van der Waals surface area contributed by atoms with Crippen LogP contribution in [-0.2, 0) is 22.3 Å². The van der Waals surface area contributed by atoms with Gasteiger partial charge in [0.1, 0.15) is 0 Å². The van der Waals surface area contributed by atoms with Crippen LogP contribution in [0.25, 0.3) is 0 Å². The molecule has 0 spiro atoms. The zero-order valence-electron chi connectivity index (χ0n) is 22.0. The Balaban J connectivity index is 1.50. The summed E-state index contributed by atoms with van der Waals surface area (Å²) < 4.78 is 25.5. The van der Waals surface area contributed by atoms with Crippen molar-refractivity contribution in [1.29, 1.82) is 0 Å². The number of hydrogen-bond donors (Lipinski definition) is 1. The van der Waals surface area contributed by atoms with Gasteiger partial charge in [-0.25, -0.2) is 0 Å². The van der Waals surface area contributed by atoms with Crippen LogP contribution in [0.5, 0.6) is 11.5 Å². The van der Waals surface area contributed by atoms with Crippen molar-refractivity contribution in [2.75, 3.05) is 6.79 Å². The van der Waals surface area contributed by atoms with Gasteiger partial charge in [-0.1, -0.05) is 67.0 Å². The van der Waals surface area contributed by atoms with Gasteiger partial charge in [0, 0.05) is 23.0 Å². The molecule has 1 saturated carbocycles. The summed E-state index contributed by atoms with van der Waals surface area (Å²) in [6.45, 7) is 12.9. The Labute approximate surface area is 225 Å². The molecule has 1 unspecified atom stereocenters. The molecular formula is C29H38BrNO4Si. The minimum Gasteiger partial charge on any atom is -0.454 e. The van der Waals surface area contributed by atoms with Gasteiger partial charge >= 0.3 is 0 Å². The summed E-state index contributed by atoms with van der Waals surface area (Å²) in [5.41, 5.74) is 2.27. The van der Waals surface area contributed by atoms with E-state index in [1.165, 1.54) is 0 Å². The highest BCUT2D eigenvalue weighted by Gasteiger charge is 2.44. The van der Waals surface area contributed by atoms with Crippen LogP contribution in [0, 0.1) is 18.3 Å². The molecule has 5 nitrogen and oxygen atoms in total. The number of rotatable bonds is 8. The number of hydrogen-bond acceptors (Lipinski definition) is 5. The number of benzene rings is 2. The van der Waals surface area contributed by atoms with Crippen LogP contribution in [0.2, 0.25) is 18.1 Å². The number of fused-ring (bicyclic) bond motifs is 1. The first-order chi connectivity index (χ1) is 17.1. The lowest BCUT2D eigenvalue weighted by molar-refractivity contribution is -0.0746. The number of terminal acetylenes is 1. The van der Waals surface area contributed by atoms with E-state index in [0.29, 0.717) is 13.2 Å². The van der Waals surface area contributed by atoms with E-state index in [4.69, 9.17) is 25.1 Å². The number of nitrogens with one attached hydrogen (secondary N) is 1. The molecule has 1 aliphatic heterocycles. The lowest BCUT2D eigenvalue weighted by atomic mass is 9.81. The van der Waals surface area contributed by atoms with Gasteiger partial charge in [-0.05, 0) is 54.2 Å². The Hall–Kier alpha value is -1.82. The van der Waals surface area contributed by atoms with Crippen molar-refractivity contribution in [2.45, 2.75) is 83.1 Å². The van der Waals surface area contributed by atoms with Gasteiger partial charge in [0.2, 0.25) is 6.79 Å². The smallest absolute Gasteiger partial charge is 0.231 e. The molecule has 4 rings (SSSR count). The molecule has 0 amide bonds. The van der Waals surface area contributed by atoms with Gasteiger partial charge in [-0.3, -0.25) is 0 Å². The fraction of sp³-hybridized carbons (Fsp3) is 0.517. The normalized spacial score (nSPS) is 23.9. The van der Waals surface area contributed by atoms with Crippen molar-refractivity contribution < 1.29 is 18.6 Å². The molecule has 4 atom stereocenters. The molecule has 1 aliphatic carbocycles. The molecule has 7 heteroatoms. The largest absolute Gasteiger partial charge is 0.454 e. The van der Waals surface area contributed by atoms with Gasteiger partial charge in [-0.15, -0.1) is 12.3 Å². The monoisotopic (exact) mass is 571 g/mol. The maximum Gasteiger partial charge on any atom is 0.231 e. The second-order valence-corrected chi connectivity index (χ2v) is 16.9. The fourth-order valence-electron chi connectivity index (χ4n) is 4.51. The minimum absolute atomic E-state index is 0.0168. The van der Waals surface area contributed by atoms with Crippen molar-refractivity contribution in [2.24, 2.45) is 5.92 Å². The van der Waals surface area contributed by atoms with E-state index in [0.717, 1.165) is 39.9 Å². The van der Waals surface area contributed by atoms with E-state index in [2.05, 4.69) is 73.2 Å². The van der Waals surface area contributed by atoms with Crippen molar-refractivity contribution in [3.8, 4) is 23.8 Å². The summed E-state index contributed by atoms with van der Waals surface area (Å²) in [4.78, 5) is 0. The first-order valence-electron chi connectivity index (χ1n) is 12.7. The third-order valence-electron chi connectivity index (χ3n) is 7.74. The van der Waals surface area contributed by atoms with E-state index in [1.54, 1.807) is 0 Å². The van der Waals surface area contributed by atoms with E-state index < -0.39 is 8.32 Å². The molecule has 1 fully saturated rings. The van der Waals surface area contributed by atoms with E-state index >= 15 is 0 Å². The summed E-state index contributed by atoms with van der Waals surface area (Å²) in [6.07, 6.45) is 7.57. The van der Waals surface area contributed by atoms with E-state index in [1.807, 2.05) is 30.3 Å². The second-order valence-electron chi connectivity index (χ2n) is 11.3. The van der Waals surface area contributed by atoms with Crippen molar-refractivity contribution in [3.05, 3.63) is 58.1 Å². The molecule has 1 N–H and O–H groups in total. The third kappa shape index (κ3) is 6.35. The molecular weight excluding hydrogens is 534 g/mol. The fourth-order valence-corrected chi connectivity index (χ4v) is 6.33. The quantitative estimate of drug-likeness (QED) is 0.283. The standard InChI is InChI=1S/C29H38BrNO4Si/c1-7-21-13-26(32-18-20-11-9-8-10-12-20)28(35-36(5,6)29(2,3)4)16-24(21)31-17-22-14-25-27(15-23(22)30)34-19-33-25/h1,8-12,14-15,21,24,26,28,31H,13,16-19H2,2-6H3/t21?,24-,26+,28-/m0/s1. The second kappa shape index (κ2) is 11.3. The van der Waals surface area contributed by atoms with Crippen LogP contribution in [0.1, 0.15) is 44.7 Å². The molecule has 36 heavy (non-hydrogen) atoms. The van der Waals surface area contributed by atoms with Crippen LogP contribution in [0.3, 0.4) is 0 Å². The van der Waals surface area contributed by atoms with Crippen LogP contribution < -0.4 is 14.8 Å². The first-order valence-corrected chi connectivity index (χ1v) is 16.4. The predicted molar refractivity (Wildman–Crippen MR) is 150 cm³/mol. The van der Waals surface area contributed by atoms with Gasteiger partial charge in [0.15, 0.2) is 19.8 Å². The predicted octanol–water partition coefficient (Wildman–Crippen LogP) is 6.66. The Morgan fingerprint density at radius 1 is 1.08 bits per heavy atom. The van der Waals surface area contributed by atoms with Gasteiger partial charge in [0.05, 0.1) is 18.8 Å². The summed E-state index contributed by atoms with van der Waals surface area (Å²) >= 11 is 3.68. The molecule has 0 aromatic heterocycles. The van der Waals surface area contributed by atoms with Gasteiger partial charge in [-0.2, -0.15) is 0 Å². The van der Waals surface area contributed by atoms with Gasteiger partial charge in [0.25, 0.3) is 0 Å². The highest BCUT2D eigenvalue weighted by atomic mass is 79.9.